The molecule has 30 heavy (non-hydrogen) atoms. The molecule has 0 aliphatic heterocycles. The first kappa shape index (κ1) is 23.3. The van der Waals surface area contributed by atoms with Gasteiger partial charge in [-0.25, -0.2) is 0 Å². The number of nitrogens with one attached hydrogen (secondary N) is 1. The highest BCUT2D eigenvalue weighted by Gasteiger charge is 2.26. The third-order valence-corrected chi connectivity index (χ3v) is 4.89. The Hall–Kier alpha value is -3.02. The number of carbonyl (C=O) groups excluding carboxylic acids is 2. The second kappa shape index (κ2) is 11.9. The Kier molecular flexibility index (Phi) is 9.19. The topological polar surface area (TPSA) is 67.9 Å². The maximum absolute atomic E-state index is 13.0. The van der Waals surface area contributed by atoms with Crippen molar-refractivity contribution in [1.29, 1.82) is 0 Å². The smallest absolute Gasteiger partial charge is 0.261 e. The van der Waals surface area contributed by atoms with Gasteiger partial charge in [-0.1, -0.05) is 43.2 Å². The van der Waals surface area contributed by atoms with Gasteiger partial charge in [0.1, 0.15) is 17.5 Å². The number of aryl methyl sites for hydroxylation is 1. The van der Waals surface area contributed by atoms with Crippen molar-refractivity contribution < 1.29 is 19.1 Å². The van der Waals surface area contributed by atoms with E-state index < -0.39 is 6.04 Å². The van der Waals surface area contributed by atoms with Crippen molar-refractivity contribution in [3.05, 3.63) is 59.7 Å². The third-order valence-electron chi connectivity index (χ3n) is 4.89. The van der Waals surface area contributed by atoms with Crippen LogP contribution >= 0.6 is 0 Å². The van der Waals surface area contributed by atoms with E-state index in [0.717, 1.165) is 24.0 Å². The Morgan fingerprint density at radius 1 is 1.03 bits per heavy atom. The summed E-state index contributed by atoms with van der Waals surface area (Å²) in [6.45, 7) is 6.63. The molecule has 1 atom stereocenters. The van der Waals surface area contributed by atoms with Gasteiger partial charge < -0.3 is 19.7 Å². The van der Waals surface area contributed by atoms with Gasteiger partial charge in [-0.05, 0) is 50.1 Å². The zero-order chi connectivity index (χ0) is 21.9. The van der Waals surface area contributed by atoms with Gasteiger partial charge in [0.25, 0.3) is 5.91 Å². The van der Waals surface area contributed by atoms with E-state index in [0.29, 0.717) is 24.6 Å². The van der Waals surface area contributed by atoms with Gasteiger partial charge in [0, 0.05) is 13.1 Å². The highest BCUT2D eigenvalue weighted by molar-refractivity contribution is 5.87. The summed E-state index contributed by atoms with van der Waals surface area (Å²) in [5.41, 5.74) is 2.11. The minimum Gasteiger partial charge on any atom is -0.497 e. The third kappa shape index (κ3) is 7.10. The van der Waals surface area contributed by atoms with Crippen molar-refractivity contribution >= 4 is 11.8 Å². The molecular weight excluding hydrogens is 380 g/mol. The lowest BCUT2D eigenvalue weighted by Gasteiger charge is -2.28. The van der Waals surface area contributed by atoms with E-state index in [1.54, 1.807) is 43.2 Å². The first-order valence-corrected chi connectivity index (χ1v) is 10.3. The van der Waals surface area contributed by atoms with Crippen LogP contribution in [0.15, 0.2) is 48.5 Å². The van der Waals surface area contributed by atoms with Gasteiger partial charge in [-0.2, -0.15) is 0 Å². The Balaban J connectivity index is 2.08. The molecule has 1 N–H and O–H groups in total. The predicted molar refractivity (Wildman–Crippen MR) is 118 cm³/mol. The molecule has 162 valence electrons. The van der Waals surface area contributed by atoms with Gasteiger partial charge in [-0.15, -0.1) is 0 Å². The van der Waals surface area contributed by atoms with Crippen molar-refractivity contribution in [3.63, 3.8) is 0 Å². The lowest BCUT2D eigenvalue weighted by molar-refractivity contribution is -0.142. The minimum absolute atomic E-state index is 0.148. The number of unbranched alkanes of at least 4 members (excludes halogenated alkanes) is 1. The molecule has 0 aliphatic carbocycles. The van der Waals surface area contributed by atoms with Gasteiger partial charge >= 0.3 is 0 Å². The van der Waals surface area contributed by atoms with Crippen molar-refractivity contribution in [2.75, 3.05) is 20.3 Å². The molecule has 0 saturated heterocycles. The van der Waals surface area contributed by atoms with Gasteiger partial charge in [0.2, 0.25) is 5.91 Å². The zero-order valence-electron chi connectivity index (χ0n) is 18.3. The molecule has 0 spiro atoms. The molecule has 0 heterocycles. The molecule has 0 aromatic heterocycles. The molecule has 0 fully saturated rings. The van der Waals surface area contributed by atoms with Crippen molar-refractivity contribution in [2.45, 2.75) is 46.2 Å². The maximum Gasteiger partial charge on any atom is 0.261 e. The summed E-state index contributed by atoms with van der Waals surface area (Å²) in [6.07, 6.45) is 1.90. The number of amides is 2. The van der Waals surface area contributed by atoms with E-state index in [4.69, 9.17) is 9.47 Å². The molecule has 0 bridgehead atoms. The van der Waals surface area contributed by atoms with E-state index in [1.807, 2.05) is 31.2 Å². The van der Waals surface area contributed by atoms with Crippen LogP contribution in [-0.2, 0) is 16.1 Å². The van der Waals surface area contributed by atoms with E-state index in [-0.39, 0.29) is 18.4 Å². The summed E-state index contributed by atoms with van der Waals surface area (Å²) in [5.74, 6) is 0.879. The molecule has 0 aliphatic rings. The molecule has 0 saturated carbocycles. The highest BCUT2D eigenvalue weighted by Crippen LogP contribution is 2.18. The number of rotatable bonds is 11. The van der Waals surface area contributed by atoms with Crippen LogP contribution in [0.25, 0.3) is 0 Å². The number of benzene rings is 2. The number of carbonyl (C=O) groups is 2. The first-order chi connectivity index (χ1) is 14.4. The fraction of sp³-hybridized carbons (Fsp3) is 0.417. The Labute approximate surface area is 179 Å². The summed E-state index contributed by atoms with van der Waals surface area (Å²) in [5, 5.41) is 2.91. The summed E-state index contributed by atoms with van der Waals surface area (Å²) in [6, 6.07) is 14.4. The summed E-state index contributed by atoms with van der Waals surface area (Å²) >= 11 is 0. The maximum atomic E-state index is 13.0. The Bertz CT molecular complexity index is 803. The van der Waals surface area contributed by atoms with Crippen LogP contribution in [0.1, 0.15) is 37.8 Å². The predicted octanol–water partition coefficient (Wildman–Crippen LogP) is 3.72. The second-order valence-electron chi connectivity index (χ2n) is 7.29. The Morgan fingerprint density at radius 3 is 2.27 bits per heavy atom. The zero-order valence-corrected chi connectivity index (χ0v) is 18.3. The molecule has 2 amide bonds. The number of methoxy groups -OCH3 is 1. The van der Waals surface area contributed by atoms with Crippen LogP contribution in [0.4, 0.5) is 0 Å². The van der Waals surface area contributed by atoms with Gasteiger partial charge in [0.15, 0.2) is 6.61 Å². The van der Waals surface area contributed by atoms with Crippen molar-refractivity contribution in [1.82, 2.24) is 10.2 Å². The lowest BCUT2D eigenvalue weighted by Crippen LogP contribution is -2.49. The van der Waals surface area contributed by atoms with E-state index in [1.165, 1.54) is 0 Å². The average Bonchev–Trinajstić information content (AvgIpc) is 2.77. The molecule has 6 nitrogen and oxygen atoms in total. The van der Waals surface area contributed by atoms with Crippen LogP contribution < -0.4 is 14.8 Å². The average molecular weight is 413 g/mol. The van der Waals surface area contributed by atoms with Crippen molar-refractivity contribution in [2.24, 2.45) is 0 Å². The normalized spacial score (nSPS) is 11.5. The molecule has 2 rings (SSSR count). The Morgan fingerprint density at radius 2 is 1.67 bits per heavy atom. The molecule has 0 unspecified atom stereocenters. The molecule has 6 heteroatoms. The first-order valence-electron chi connectivity index (χ1n) is 10.3. The standard InChI is InChI=1S/C24H32N2O4/c1-5-6-15-25-24(28)19(3)26(16-20-9-7-18(2)8-10-20)23(27)17-30-22-13-11-21(29-4)12-14-22/h7-14,19H,5-6,15-17H2,1-4H3,(H,25,28)/t19-/m0/s1. The van der Waals surface area contributed by atoms with Crippen LogP contribution in [0.2, 0.25) is 0 Å². The lowest BCUT2D eigenvalue weighted by atomic mass is 10.1. The number of nitrogens with zero attached hydrogens (tertiary/aromatic N) is 1. The summed E-state index contributed by atoms with van der Waals surface area (Å²) < 4.78 is 10.8. The summed E-state index contributed by atoms with van der Waals surface area (Å²) in [4.78, 5) is 27.1. The number of hydrogen-bond acceptors (Lipinski definition) is 4. The SMILES string of the molecule is CCCCNC(=O)[C@H](C)N(Cc1ccc(C)cc1)C(=O)COc1ccc(OC)cc1. The van der Waals surface area contributed by atoms with Crippen LogP contribution in [0, 0.1) is 6.92 Å². The van der Waals surface area contributed by atoms with Crippen LogP contribution in [-0.4, -0.2) is 43.0 Å². The minimum atomic E-state index is -0.602. The van der Waals surface area contributed by atoms with Gasteiger partial charge in [-0.3, -0.25) is 9.59 Å². The fourth-order valence-corrected chi connectivity index (χ4v) is 2.91. The highest BCUT2D eigenvalue weighted by atomic mass is 16.5. The van der Waals surface area contributed by atoms with Gasteiger partial charge in [0.05, 0.1) is 7.11 Å². The van der Waals surface area contributed by atoms with E-state index >= 15 is 0 Å². The van der Waals surface area contributed by atoms with E-state index in [2.05, 4.69) is 12.2 Å². The van der Waals surface area contributed by atoms with Crippen LogP contribution in [0.3, 0.4) is 0 Å². The molecular formula is C24H32N2O4. The largest absolute Gasteiger partial charge is 0.497 e. The number of hydrogen-bond donors (Lipinski definition) is 1. The molecule has 0 radical (unpaired) electrons. The van der Waals surface area contributed by atoms with Crippen LogP contribution in [0.5, 0.6) is 11.5 Å². The summed E-state index contributed by atoms with van der Waals surface area (Å²) in [7, 11) is 1.59. The van der Waals surface area contributed by atoms with E-state index in [9.17, 15) is 9.59 Å². The second-order valence-corrected chi connectivity index (χ2v) is 7.29. The molecule has 2 aromatic carbocycles. The fourth-order valence-electron chi connectivity index (χ4n) is 2.91. The number of ether oxygens (including phenoxy) is 2. The monoisotopic (exact) mass is 412 g/mol. The quantitative estimate of drug-likeness (QED) is 0.571. The molecule has 2 aromatic rings. The van der Waals surface area contributed by atoms with Crippen molar-refractivity contribution in [3.8, 4) is 11.5 Å².